The van der Waals surface area contributed by atoms with E-state index in [0.717, 1.165) is 23.7 Å². The summed E-state index contributed by atoms with van der Waals surface area (Å²) >= 11 is 0. The molecule has 1 aromatic carbocycles. The Bertz CT molecular complexity index is 502. The number of benzene rings is 1. The Labute approximate surface area is 121 Å². The van der Waals surface area contributed by atoms with Crippen LogP contribution in [0.5, 0.6) is 0 Å². The molecule has 1 unspecified atom stereocenters. The largest absolute Gasteiger partial charge is 0.312 e. The number of hydrogen-bond donors (Lipinski definition) is 1. The molecule has 0 radical (unpaired) electrons. The molecular formula is C16H24N4. The summed E-state index contributed by atoms with van der Waals surface area (Å²) in [7, 11) is 1.99. The van der Waals surface area contributed by atoms with Crippen molar-refractivity contribution in [1.29, 1.82) is 0 Å². The van der Waals surface area contributed by atoms with Crippen LogP contribution in [0, 0.1) is 5.92 Å². The van der Waals surface area contributed by atoms with Gasteiger partial charge in [0.15, 0.2) is 0 Å². The first-order valence-corrected chi connectivity index (χ1v) is 7.43. The molecule has 1 aromatic heterocycles. The van der Waals surface area contributed by atoms with Crippen LogP contribution in [-0.4, -0.2) is 22.0 Å². The van der Waals surface area contributed by atoms with E-state index in [-0.39, 0.29) is 6.04 Å². The summed E-state index contributed by atoms with van der Waals surface area (Å²) in [5.74, 6) is 0.731. The summed E-state index contributed by atoms with van der Waals surface area (Å²) in [6, 6.07) is 10.3. The molecule has 4 nitrogen and oxygen atoms in total. The second-order valence-corrected chi connectivity index (χ2v) is 5.15. The molecule has 0 saturated carbocycles. The van der Waals surface area contributed by atoms with Crippen LogP contribution >= 0.6 is 0 Å². The number of para-hydroxylation sites is 1. The molecule has 2 rings (SSSR count). The van der Waals surface area contributed by atoms with Gasteiger partial charge in [0.05, 0.1) is 17.9 Å². The summed E-state index contributed by atoms with van der Waals surface area (Å²) < 4.78 is 0. The second-order valence-electron chi connectivity index (χ2n) is 5.15. The fourth-order valence-corrected chi connectivity index (χ4v) is 2.46. The molecule has 0 amide bonds. The van der Waals surface area contributed by atoms with Crippen molar-refractivity contribution >= 4 is 0 Å². The monoisotopic (exact) mass is 272 g/mol. The maximum atomic E-state index is 4.62. The smallest absolute Gasteiger partial charge is 0.100 e. The lowest BCUT2D eigenvalue weighted by Gasteiger charge is -2.19. The molecule has 20 heavy (non-hydrogen) atoms. The van der Waals surface area contributed by atoms with Crippen molar-refractivity contribution in [3.63, 3.8) is 0 Å². The molecule has 0 saturated heterocycles. The van der Waals surface area contributed by atoms with Crippen LogP contribution in [0.2, 0.25) is 0 Å². The molecule has 0 aliphatic carbocycles. The van der Waals surface area contributed by atoms with Crippen LogP contribution in [-0.2, 0) is 0 Å². The van der Waals surface area contributed by atoms with Crippen molar-refractivity contribution in [2.24, 2.45) is 5.92 Å². The van der Waals surface area contributed by atoms with E-state index in [0.29, 0.717) is 0 Å². The number of rotatable bonds is 7. The third-order valence-electron chi connectivity index (χ3n) is 3.93. The van der Waals surface area contributed by atoms with Gasteiger partial charge in [-0.15, -0.1) is 0 Å². The SMILES string of the molecule is CCC(CC)CC(NC)c1cnn(-c2ccccc2)n1. The number of nitrogens with one attached hydrogen (secondary N) is 1. The standard InChI is InChI=1S/C16H24N4/c1-4-13(5-2)11-15(17-3)16-12-18-20(19-16)14-9-7-6-8-10-14/h6-10,12-13,15,17H,4-5,11H2,1-3H3. The lowest BCUT2D eigenvalue weighted by atomic mass is 9.93. The Morgan fingerprint density at radius 3 is 2.45 bits per heavy atom. The highest BCUT2D eigenvalue weighted by atomic mass is 15.5. The fourth-order valence-electron chi connectivity index (χ4n) is 2.46. The first kappa shape index (κ1) is 14.7. The predicted molar refractivity (Wildman–Crippen MR) is 81.8 cm³/mol. The van der Waals surface area contributed by atoms with Crippen LogP contribution in [0.4, 0.5) is 0 Å². The first-order valence-electron chi connectivity index (χ1n) is 7.43. The fraction of sp³-hybridized carbons (Fsp3) is 0.500. The Balaban J connectivity index is 2.14. The predicted octanol–water partition coefficient (Wildman–Crippen LogP) is 3.35. The van der Waals surface area contributed by atoms with E-state index in [4.69, 9.17) is 0 Å². The maximum absolute atomic E-state index is 4.62. The Kier molecular flexibility index (Phi) is 5.30. The van der Waals surface area contributed by atoms with E-state index < -0.39 is 0 Å². The summed E-state index contributed by atoms with van der Waals surface area (Å²) in [6.45, 7) is 4.50. The quantitative estimate of drug-likeness (QED) is 0.840. The third kappa shape index (κ3) is 3.45. The molecule has 0 spiro atoms. The highest BCUT2D eigenvalue weighted by Crippen LogP contribution is 2.23. The Morgan fingerprint density at radius 1 is 1.15 bits per heavy atom. The van der Waals surface area contributed by atoms with Crippen molar-refractivity contribution in [2.45, 2.75) is 39.2 Å². The highest BCUT2D eigenvalue weighted by Gasteiger charge is 2.17. The molecular weight excluding hydrogens is 248 g/mol. The van der Waals surface area contributed by atoms with Crippen LogP contribution in [0.25, 0.3) is 5.69 Å². The maximum Gasteiger partial charge on any atom is 0.100 e. The molecule has 4 heteroatoms. The van der Waals surface area contributed by atoms with Gasteiger partial charge in [0.25, 0.3) is 0 Å². The second kappa shape index (κ2) is 7.20. The van der Waals surface area contributed by atoms with Crippen LogP contribution in [0.3, 0.4) is 0 Å². The minimum absolute atomic E-state index is 0.275. The van der Waals surface area contributed by atoms with E-state index in [1.54, 1.807) is 4.80 Å². The van der Waals surface area contributed by atoms with Gasteiger partial charge in [-0.2, -0.15) is 15.0 Å². The zero-order valence-electron chi connectivity index (χ0n) is 12.6. The lowest BCUT2D eigenvalue weighted by molar-refractivity contribution is 0.380. The first-order chi connectivity index (χ1) is 9.78. The molecule has 0 aliphatic heterocycles. The van der Waals surface area contributed by atoms with Crippen molar-refractivity contribution in [3.8, 4) is 5.69 Å². The van der Waals surface area contributed by atoms with Gasteiger partial charge in [0, 0.05) is 0 Å². The van der Waals surface area contributed by atoms with Gasteiger partial charge in [-0.1, -0.05) is 44.9 Å². The van der Waals surface area contributed by atoms with Gasteiger partial charge in [0.2, 0.25) is 0 Å². The molecule has 0 bridgehead atoms. The molecule has 1 N–H and O–H groups in total. The summed E-state index contributed by atoms with van der Waals surface area (Å²) in [5, 5.41) is 12.4. The lowest BCUT2D eigenvalue weighted by Crippen LogP contribution is -2.20. The van der Waals surface area contributed by atoms with Gasteiger partial charge < -0.3 is 5.32 Å². The van der Waals surface area contributed by atoms with Crippen molar-refractivity contribution in [2.75, 3.05) is 7.05 Å². The van der Waals surface area contributed by atoms with Gasteiger partial charge in [0.1, 0.15) is 5.69 Å². The molecule has 1 heterocycles. The minimum atomic E-state index is 0.275. The van der Waals surface area contributed by atoms with E-state index >= 15 is 0 Å². The minimum Gasteiger partial charge on any atom is -0.312 e. The van der Waals surface area contributed by atoms with Crippen LogP contribution < -0.4 is 5.32 Å². The van der Waals surface area contributed by atoms with Crippen LogP contribution in [0.15, 0.2) is 36.5 Å². The summed E-state index contributed by atoms with van der Waals surface area (Å²) in [6.07, 6.45) is 5.40. The summed E-state index contributed by atoms with van der Waals surface area (Å²) in [4.78, 5) is 1.70. The average molecular weight is 272 g/mol. The van der Waals surface area contributed by atoms with Gasteiger partial charge >= 0.3 is 0 Å². The van der Waals surface area contributed by atoms with Crippen LogP contribution in [0.1, 0.15) is 44.8 Å². The van der Waals surface area contributed by atoms with E-state index in [9.17, 15) is 0 Å². The molecule has 2 aromatic rings. The van der Waals surface area contributed by atoms with E-state index in [1.807, 2.05) is 43.6 Å². The van der Waals surface area contributed by atoms with Crippen molar-refractivity contribution in [1.82, 2.24) is 20.3 Å². The van der Waals surface area contributed by atoms with Gasteiger partial charge in [-0.05, 0) is 31.5 Å². The van der Waals surface area contributed by atoms with E-state index in [2.05, 4.69) is 29.4 Å². The normalized spacial score (nSPS) is 12.8. The molecule has 0 aliphatic rings. The van der Waals surface area contributed by atoms with E-state index in [1.165, 1.54) is 12.8 Å². The Hall–Kier alpha value is -1.68. The number of nitrogens with zero attached hydrogens (tertiary/aromatic N) is 3. The van der Waals surface area contributed by atoms with Crippen molar-refractivity contribution < 1.29 is 0 Å². The number of aromatic nitrogens is 3. The molecule has 108 valence electrons. The highest BCUT2D eigenvalue weighted by molar-refractivity contribution is 5.28. The average Bonchev–Trinajstić information content (AvgIpc) is 2.99. The molecule has 0 fully saturated rings. The van der Waals surface area contributed by atoms with Crippen molar-refractivity contribution in [3.05, 3.63) is 42.2 Å². The number of hydrogen-bond acceptors (Lipinski definition) is 3. The molecule has 1 atom stereocenters. The van der Waals surface area contributed by atoms with Gasteiger partial charge in [-0.25, -0.2) is 0 Å². The Morgan fingerprint density at radius 2 is 1.85 bits per heavy atom. The third-order valence-corrected chi connectivity index (χ3v) is 3.93. The zero-order chi connectivity index (χ0) is 14.4. The zero-order valence-corrected chi connectivity index (χ0v) is 12.6. The van der Waals surface area contributed by atoms with Gasteiger partial charge in [-0.3, -0.25) is 0 Å². The topological polar surface area (TPSA) is 42.7 Å². The summed E-state index contributed by atoms with van der Waals surface area (Å²) in [5.41, 5.74) is 2.01.